The summed E-state index contributed by atoms with van der Waals surface area (Å²) in [5.41, 5.74) is 1.15. The number of aliphatic carboxylic acids is 1. The molecule has 0 fully saturated rings. The van der Waals surface area contributed by atoms with Crippen molar-refractivity contribution in [1.29, 1.82) is 0 Å². The van der Waals surface area contributed by atoms with E-state index in [1.54, 1.807) is 30.3 Å². The Bertz CT molecular complexity index is 1110. The highest BCUT2D eigenvalue weighted by Gasteiger charge is 2.20. The maximum Gasteiger partial charge on any atom is 0.412 e. The number of carbonyl (C=O) groups excluding carboxylic acids is 1. The van der Waals surface area contributed by atoms with E-state index in [9.17, 15) is 14.7 Å². The molecule has 31 heavy (non-hydrogen) atoms. The number of carbonyl (C=O) groups is 2. The number of halogens is 1. The molecule has 0 aliphatic carbocycles. The molecule has 0 aliphatic rings. The summed E-state index contributed by atoms with van der Waals surface area (Å²) in [6.07, 6.45) is 2.88. The van der Waals surface area contributed by atoms with Crippen LogP contribution in [0.3, 0.4) is 0 Å². The maximum absolute atomic E-state index is 12.7. The molecule has 1 amide bonds. The number of carboxylic acids is 1. The molecule has 0 aliphatic heterocycles. The molecule has 3 aromatic rings. The molecule has 6 nitrogen and oxygen atoms in total. The van der Waals surface area contributed by atoms with E-state index in [1.165, 1.54) is 0 Å². The number of allylic oxidation sites excluding steroid dienone is 1. The number of amides is 1. The van der Waals surface area contributed by atoms with Gasteiger partial charge in [0.05, 0.1) is 5.69 Å². The van der Waals surface area contributed by atoms with Gasteiger partial charge in [0.2, 0.25) is 0 Å². The monoisotopic (exact) mass is 531 g/mol. The number of ether oxygens (including phenoxy) is 1. The highest BCUT2D eigenvalue weighted by atomic mass is 127. The van der Waals surface area contributed by atoms with Gasteiger partial charge >= 0.3 is 12.1 Å². The Morgan fingerprint density at radius 3 is 2.68 bits per heavy atom. The van der Waals surface area contributed by atoms with Gasteiger partial charge < -0.3 is 14.9 Å². The third-order valence-corrected chi connectivity index (χ3v) is 5.38. The second-order valence-corrected chi connectivity index (χ2v) is 8.17. The molecule has 1 atom stereocenters. The number of anilines is 1. The minimum Gasteiger partial charge on any atom is -0.508 e. The lowest BCUT2D eigenvalue weighted by atomic mass is 10.0. The molecule has 3 rings (SSSR count). The second kappa shape index (κ2) is 10.8. The number of hydrogen-bond acceptors (Lipinski definition) is 4. The van der Waals surface area contributed by atoms with Crippen LogP contribution in [-0.2, 0) is 9.53 Å². The molecule has 0 unspecified atom stereocenters. The summed E-state index contributed by atoms with van der Waals surface area (Å²) >= 11 is 2.13. The molecule has 7 heteroatoms. The van der Waals surface area contributed by atoms with Gasteiger partial charge in [-0.3, -0.25) is 5.32 Å². The van der Waals surface area contributed by atoms with Crippen molar-refractivity contribution < 1.29 is 24.5 Å². The van der Waals surface area contributed by atoms with Crippen LogP contribution in [0.2, 0.25) is 0 Å². The van der Waals surface area contributed by atoms with Gasteiger partial charge in [-0.2, -0.15) is 0 Å². The number of phenolic OH excluding ortho intramolecular Hbond substituents is 1. The van der Waals surface area contributed by atoms with Crippen LogP contribution in [0.1, 0.15) is 30.9 Å². The van der Waals surface area contributed by atoms with E-state index >= 15 is 0 Å². The van der Waals surface area contributed by atoms with E-state index < -0.39 is 18.2 Å². The van der Waals surface area contributed by atoms with Crippen LogP contribution in [0.15, 0.2) is 72.8 Å². The fourth-order valence-corrected chi connectivity index (χ4v) is 3.78. The van der Waals surface area contributed by atoms with Gasteiger partial charge in [-0.05, 0) is 71.5 Å². The highest BCUT2D eigenvalue weighted by Crippen LogP contribution is 2.33. The van der Waals surface area contributed by atoms with Crippen LogP contribution >= 0.6 is 22.6 Å². The molecule has 160 valence electrons. The molecule has 0 spiro atoms. The van der Waals surface area contributed by atoms with Crippen molar-refractivity contribution in [2.45, 2.75) is 25.4 Å². The molecule has 0 aromatic heterocycles. The van der Waals surface area contributed by atoms with Crippen LogP contribution in [0.25, 0.3) is 10.8 Å². The summed E-state index contributed by atoms with van der Waals surface area (Å²) in [7, 11) is 0. The molecular formula is C24H22INO5. The number of fused-ring (bicyclic) bond motifs is 1. The largest absolute Gasteiger partial charge is 0.508 e. The fourth-order valence-electron chi connectivity index (χ4n) is 3.27. The summed E-state index contributed by atoms with van der Waals surface area (Å²) in [5.74, 6) is -0.957. The number of rotatable bonds is 8. The lowest BCUT2D eigenvalue weighted by molar-refractivity contribution is -0.131. The van der Waals surface area contributed by atoms with Gasteiger partial charge in [-0.15, -0.1) is 0 Å². The van der Waals surface area contributed by atoms with Crippen molar-refractivity contribution in [3.63, 3.8) is 0 Å². The Morgan fingerprint density at radius 2 is 1.87 bits per heavy atom. The van der Waals surface area contributed by atoms with Gasteiger partial charge in [-0.1, -0.05) is 42.5 Å². The lowest BCUT2D eigenvalue weighted by Crippen LogP contribution is -2.18. The van der Waals surface area contributed by atoms with Gasteiger partial charge in [0.15, 0.2) is 0 Å². The first-order valence-electron chi connectivity index (χ1n) is 9.77. The van der Waals surface area contributed by atoms with Crippen LogP contribution in [0, 0.1) is 3.57 Å². The van der Waals surface area contributed by atoms with Crippen molar-refractivity contribution in [1.82, 2.24) is 0 Å². The lowest BCUT2D eigenvalue weighted by Gasteiger charge is -2.20. The maximum atomic E-state index is 12.7. The van der Waals surface area contributed by atoms with E-state index in [0.717, 1.165) is 20.4 Å². The van der Waals surface area contributed by atoms with E-state index in [4.69, 9.17) is 9.84 Å². The second-order valence-electron chi connectivity index (χ2n) is 6.92. The zero-order valence-corrected chi connectivity index (χ0v) is 18.8. The third-order valence-electron chi connectivity index (χ3n) is 4.71. The van der Waals surface area contributed by atoms with Crippen molar-refractivity contribution in [2.75, 3.05) is 5.32 Å². The predicted octanol–water partition coefficient (Wildman–Crippen LogP) is 6.25. The van der Waals surface area contributed by atoms with Gasteiger partial charge in [-0.25, -0.2) is 9.59 Å². The van der Waals surface area contributed by atoms with E-state index in [-0.39, 0.29) is 5.75 Å². The Morgan fingerprint density at radius 1 is 1.10 bits per heavy atom. The van der Waals surface area contributed by atoms with E-state index in [1.807, 2.05) is 36.4 Å². The Kier molecular flexibility index (Phi) is 7.88. The minimum absolute atomic E-state index is 0.0458. The molecule has 0 radical (unpaired) electrons. The van der Waals surface area contributed by atoms with Crippen LogP contribution < -0.4 is 5.32 Å². The van der Waals surface area contributed by atoms with Gasteiger partial charge in [0, 0.05) is 20.6 Å². The number of benzene rings is 3. The zero-order chi connectivity index (χ0) is 22.2. The summed E-state index contributed by atoms with van der Waals surface area (Å²) in [6, 6.07) is 18.4. The SMILES string of the molecule is O=C(O)/C=C/CCC[C@H](OC(=O)Nc1cccc2ccccc12)c1cc(I)ccc1O. The fraction of sp³-hybridized carbons (Fsp3) is 0.167. The van der Waals surface area contributed by atoms with Crippen molar-refractivity contribution in [3.05, 3.63) is 81.9 Å². The number of phenols is 1. The average Bonchev–Trinajstić information content (AvgIpc) is 2.74. The molecule has 0 saturated carbocycles. The summed E-state index contributed by atoms with van der Waals surface area (Å²) in [6.45, 7) is 0. The predicted molar refractivity (Wildman–Crippen MR) is 128 cm³/mol. The first-order valence-corrected chi connectivity index (χ1v) is 10.8. The highest BCUT2D eigenvalue weighted by molar-refractivity contribution is 14.1. The summed E-state index contributed by atoms with van der Waals surface area (Å²) < 4.78 is 6.60. The van der Waals surface area contributed by atoms with Gasteiger partial charge in [0.1, 0.15) is 11.9 Å². The number of carboxylic acid groups (broad SMARTS) is 1. The van der Waals surface area contributed by atoms with Crippen LogP contribution in [-0.4, -0.2) is 22.3 Å². The number of hydrogen-bond donors (Lipinski definition) is 3. The Balaban J connectivity index is 1.75. The Labute approximate surface area is 193 Å². The minimum atomic E-state index is -1.00. The normalized spacial score (nSPS) is 12.0. The zero-order valence-electron chi connectivity index (χ0n) is 16.6. The smallest absolute Gasteiger partial charge is 0.412 e. The molecule has 3 N–H and O–H groups in total. The first-order chi connectivity index (χ1) is 14.9. The molecule has 0 bridgehead atoms. The van der Waals surface area contributed by atoms with Crippen molar-refractivity contribution in [2.24, 2.45) is 0 Å². The van der Waals surface area contributed by atoms with Crippen molar-refractivity contribution in [3.8, 4) is 5.75 Å². The van der Waals surface area contributed by atoms with E-state index in [2.05, 4.69) is 27.9 Å². The molecular weight excluding hydrogens is 509 g/mol. The van der Waals surface area contributed by atoms with E-state index in [0.29, 0.717) is 30.5 Å². The first kappa shape index (κ1) is 22.6. The Hall–Kier alpha value is -3.07. The number of unbranched alkanes of at least 4 members (excludes halogenated alkanes) is 1. The quantitative estimate of drug-likeness (QED) is 0.182. The standard InChI is InChI=1S/C24H22INO5/c25-17-13-14-21(27)19(15-17)22(11-2-1-3-12-23(28)29)31-24(30)26-20-10-6-8-16-7-4-5-9-18(16)20/h3-10,12-15,22,27H,1-2,11H2,(H,26,30)(H,28,29)/b12-3+/t22-/m0/s1. The molecule has 3 aromatic carbocycles. The van der Waals surface area contributed by atoms with Crippen LogP contribution in [0.4, 0.5) is 10.5 Å². The third kappa shape index (κ3) is 6.45. The summed E-state index contributed by atoms with van der Waals surface area (Å²) in [4.78, 5) is 23.3. The topological polar surface area (TPSA) is 95.9 Å². The number of nitrogens with one attached hydrogen (secondary N) is 1. The van der Waals surface area contributed by atoms with Crippen molar-refractivity contribution >= 4 is 51.1 Å². The van der Waals surface area contributed by atoms with Crippen LogP contribution in [0.5, 0.6) is 5.75 Å². The average molecular weight is 531 g/mol. The van der Waals surface area contributed by atoms with Gasteiger partial charge in [0.25, 0.3) is 0 Å². The molecule has 0 heterocycles. The summed E-state index contributed by atoms with van der Waals surface area (Å²) in [5, 5.41) is 23.7. The molecule has 0 saturated heterocycles. The number of aromatic hydroxyl groups is 1.